The van der Waals surface area contributed by atoms with Gasteiger partial charge in [0.2, 0.25) is 0 Å². The van der Waals surface area contributed by atoms with Gasteiger partial charge in [-0.1, -0.05) is 39.0 Å². The Hall–Kier alpha value is -3.23. The molecule has 2 fully saturated rings. The second-order valence-corrected chi connectivity index (χ2v) is 10.00. The minimum atomic E-state index is -0.722. The van der Waals surface area contributed by atoms with Crippen molar-refractivity contribution < 1.29 is 43.3 Å². The average molecular weight is 477 g/mol. The van der Waals surface area contributed by atoms with Crippen LogP contribution < -0.4 is 0 Å². The normalized spacial score (nSPS) is 29.0. The van der Waals surface area contributed by atoms with Gasteiger partial charge >= 0.3 is 29.8 Å². The number of aliphatic carboxylic acids is 1. The van der Waals surface area contributed by atoms with Crippen LogP contribution in [0.1, 0.15) is 59.8 Å². The number of allylic oxidation sites excluding steroid dienone is 2. The van der Waals surface area contributed by atoms with Gasteiger partial charge in [-0.15, -0.1) is 0 Å². The van der Waals surface area contributed by atoms with Crippen LogP contribution >= 0.6 is 0 Å². The zero-order valence-electron chi connectivity index (χ0n) is 20.0. The number of esters is 4. The predicted molar refractivity (Wildman–Crippen MR) is 120 cm³/mol. The summed E-state index contributed by atoms with van der Waals surface area (Å²) in [6, 6.07) is 0. The van der Waals surface area contributed by atoms with Crippen molar-refractivity contribution in [3.05, 3.63) is 36.5 Å². The van der Waals surface area contributed by atoms with Crippen LogP contribution in [0, 0.1) is 16.7 Å². The Kier molecular flexibility index (Phi) is 8.23. The van der Waals surface area contributed by atoms with Gasteiger partial charge in [0.25, 0.3) is 0 Å². The number of carboxylic acid groups (broad SMARTS) is 1. The molecule has 1 saturated heterocycles. The van der Waals surface area contributed by atoms with Crippen LogP contribution in [0.15, 0.2) is 36.5 Å². The van der Waals surface area contributed by atoms with E-state index >= 15 is 0 Å². The minimum absolute atomic E-state index is 0.118. The summed E-state index contributed by atoms with van der Waals surface area (Å²) in [5.74, 6) is -2.24. The molecule has 9 nitrogen and oxygen atoms in total. The Morgan fingerprint density at radius 3 is 2.12 bits per heavy atom. The van der Waals surface area contributed by atoms with E-state index < -0.39 is 34.9 Å². The van der Waals surface area contributed by atoms with Crippen LogP contribution in [-0.2, 0) is 38.2 Å². The second-order valence-electron chi connectivity index (χ2n) is 10.00. The molecular formula is C25H32O9. The van der Waals surface area contributed by atoms with Crippen LogP contribution in [0.5, 0.6) is 0 Å². The lowest BCUT2D eigenvalue weighted by Crippen LogP contribution is -2.46. The van der Waals surface area contributed by atoms with Crippen LogP contribution in [0.4, 0.5) is 0 Å². The van der Waals surface area contributed by atoms with Crippen LogP contribution in [0.3, 0.4) is 0 Å². The van der Waals surface area contributed by atoms with Crippen molar-refractivity contribution >= 4 is 29.8 Å². The van der Waals surface area contributed by atoms with Gasteiger partial charge in [0.05, 0.1) is 18.4 Å². The summed E-state index contributed by atoms with van der Waals surface area (Å²) in [6.07, 6.45) is 8.91. The highest BCUT2D eigenvalue weighted by atomic mass is 16.6. The number of ether oxygens (including phenoxy) is 3. The first-order valence-electron chi connectivity index (χ1n) is 11.1. The summed E-state index contributed by atoms with van der Waals surface area (Å²) < 4.78 is 13.7. The standard InChI is InChI=1S/C12H18O2.C9H12O4.C4H2O3/c1-11(2,3)12(10(13)14)7-8-4-5-9(12)6-8;1-3-7(10)13-9(2)4-5-12-8(11)6-9;5-3-1-2-4(6)7-3/h4,9H,5-7H2,1-3H3,(H,13,14);3H,1,4-6H2,2H3;1-2H/t;9-;/m.1./s1. The molecule has 4 rings (SSSR count). The molecule has 0 amide bonds. The molecule has 2 heterocycles. The number of rotatable bonds is 3. The van der Waals surface area contributed by atoms with Crippen molar-refractivity contribution in [1.82, 2.24) is 0 Å². The number of carbonyl (C=O) groups is 5. The summed E-state index contributed by atoms with van der Waals surface area (Å²) in [4.78, 5) is 53.2. The molecule has 0 radical (unpaired) electrons. The summed E-state index contributed by atoms with van der Waals surface area (Å²) >= 11 is 0. The molecule has 186 valence electrons. The van der Waals surface area contributed by atoms with Gasteiger partial charge in [-0.3, -0.25) is 9.59 Å². The quantitative estimate of drug-likeness (QED) is 0.214. The van der Waals surface area contributed by atoms with Gasteiger partial charge < -0.3 is 19.3 Å². The summed E-state index contributed by atoms with van der Waals surface area (Å²) in [5.41, 5.74) is 0.00400. The van der Waals surface area contributed by atoms with Crippen LogP contribution in [0.2, 0.25) is 0 Å². The molecule has 2 aliphatic carbocycles. The highest BCUT2D eigenvalue weighted by molar-refractivity contribution is 6.04. The van der Waals surface area contributed by atoms with E-state index in [-0.39, 0.29) is 17.8 Å². The maximum atomic E-state index is 11.5. The first kappa shape index (κ1) is 27.0. The lowest BCUT2D eigenvalue weighted by Gasteiger charge is -2.43. The van der Waals surface area contributed by atoms with E-state index in [9.17, 15) is 29.1 Å². The molecule has 0 spiro atoms. The number of hydrogen-bond acceptors (Lipinski definition) is 8. The average Bonchev–Trinajstić information content (AvgIpc) is 3.44. The Morgan fingerprint density at radius 1 is 1.18 bits per heavy atom. The van der Waals surface area contributed by atoms with Crippen LogP contribution in [-0.4, -0.2) is 47.2 Å². The van der Waals surface area contributed by atoms with E-state index in [0.29, 0.717) is 18.9 Å². The SMILES string of the molecule is C=CC(=O)O[C@]1(C)CCOC(=O)C1.CC(C)(C)C1(C(=O)O)CC2=CCC1C2.O=C1C=CC(=O)O1. The number of hydrogen-bond donors (Lipinski definition) is 1. The zero-order valence-corrected chi connectivity index (χ0v) is 20.0. The fourth-order valence-corrected chi connectivity index (χ4v) is 4.76. The third-order valence-corrected chi connectivity index (χ3v) is 6.61. The largest absolute Gasteiger partial charge is 0.481 e. The zero-order chi connectivity index (χ0) is 25.7. The maximum absolute atomic E-state index is 11.5. The smallest absolute Gasteiger partial charge is 0.338 e. The van der Waals surface area contributed by atoms with Gasteiger partial charge in [0.1, 0.15) is 5.60 Å². The first-order valence-corrected chi connectivity index (χ1v) is 11.1. The third-order valence-electron chi connectivity index (χ3n) is 6.61. The van der Waals surface area contributed by atoms with Gasteiger partial charge in [-0.05, 0) is 37.5 Å². The Bertz CT molecular complexity index is 921. The molecule has 1 N–H and O–H groups in total. The van der Waals surface area contributed by atoms with Crippen molar-refractivity contribution in [2.45, 2.75) is 65.4 Å². The Morgan fingerprint density at radius 2 is 1.79 bits per heavy atom. The lowest BCUT2D eigenvalue weighted by atomic mass is 9.59. The van der Waals surface area contributed by atoms with Gasteiger partial charge in [0, 0.05) is 24.6 Å². The van der Waals surface area contributed by atoms with E-state index in [1.54, 1.807) is 6.92 Å². The number of fused-ring (bicyclic) bond motifs is 2. The van der Waals surface area contributed by atoms with E-state index in [4.69, 9.17) is 9.47 Å². The monoisotopic (exact) mass is 476 g/mol. The Labute approximate surface area is 198 Å². The molecule has 2 unspecified atom stereocenters. The molecule has 34 heavy (non-hydrogen) atoms. The van der Waals surface area contributed by atoms with E-state index in [2.05, 4.69) is 38.2 Å². The van der Waals surface area contributed by atoms with Crippen molar-refractivity contribution in [1.29, 1.82) is 0 Å². The molecule has 2 bridgehead atoms. The third kappa shape index (κ3) is 6.21. The van der Waals surface area contributed by atoms with Crippen molar-refractivity contribution in [3.63, 3.8) is 0 Å². The second kappa shape index (κ2) is 10.4. The van der Waals surface area contributed by atoms with Gasteiger partial charge in [0.15, 0.2) is 0 Å². The van der Waals surface area contributed by atoms with Crippen molar-refractivity contribution in [3.8, 4) is 0 Å². The molecular weight excluding hydrogens is 444 g/mol. The maximum Gasteiger partial charge on any atom is 0.338 e. The lowest BCUT2D eigenvalue weighted by molar-refractivity contribution is -0.171. The predicted octanol–water partition coefficient (Wildman–Crippen LogP) is 3.28. The molecule has 9 heteroatoms. The number of carboxylic acids is 1. The highest BCUT2D eigenvalue weighted by Crippen LogP contribution is 2.60. The van der Waals surface area contributed by atoms with E-state index in [1.165, 1.54) is 5.57 Å². The number of carbonyl (C=O) groups excluding carboxylic acids is 4. The molecule has 2 aliphatic heterocycles. The molecule has 0 aromatic carbocycles. The summed E-state index contributed by atoms with van der Waals surface area (Å²) in [5, 5.41) is 9.49. The summed E-state index contributed by atoms with van der Waals surface area (Å²) in [7, 11) is 0. The van der Waals surface area contributed by atoms with Crippen LogP contribution in [0.25, 0.3) is 0 Å². The highest BCUT2D eigenvalue weighted by Gasteiger charge is 2.59. The topological polar surface area (TPSA) is 133 Å². The fourth-order valence-electron chi connectivity index (χ4n) is 4.76. The van der Waals surface area contributed by atoms with Crippen molar-refractivity contribution in [2.75, 3.05) is 6.61 Å². The molecule has 4 aliphatic rings. The van der Waals surface area contributed by atoms with E-state index in [1.807, 2.05) is 0 Å². The van der Waals surface area contributed by atoms with Crippen molar-refractivity contribution in [2.24, 2.45) is 16.7 Å². The Balaban J connectivity index is 0.000000190. The minimum Gasteiger partial charge on any atom is -0.481 e. The fraction of sp³-hybridized carbons (Fsp3) is 0.560. The molecule has 0 aromatic heterocycles. The van der Waals surface area contributed by atoms with Gasteiger partial charge in [-0.2, -0.15) is 0 Å². The van der Waals surface area contributed by atoms with E-state index in [0.717, 1.165) is 37.5 Å². The summed E-state index contributed by atoms with van der Waals surface area (Å²) in [6.45, 7) is 11.5. The first-order chi connectivity index (χ1) is 15.7. The molecule has 0 aromatic rings. The molecule has 1 saturated carbocycles. The molecule has 3 atom stereocenters. The van der Waals surface area contributed by atoms with Gasteiger partial charge in [-0.25, -0.2) is 14.4 Å². The number of cyclic esters (lactones) is 3.